The lowest BCUT2D eigenvalue weighted by Crippen LogP contribution is -2.30. The molecule has 0 unspecified atom stereocenters. The van der Waals surface area contributed by atoms with E-state index in [2.05, 4.69) is 17.2 Å². The summed E-state index contributed by atoms with van der Waals surface area (Å²) in [4.78, 5) is 29.3. The second-order valence-corrected chi connectivity index (χ2v) is 6.55. The van der Waals surface area contributed by atoms with Gasteiger partial charge in [-0.15, -0.1) is 11.3 Å². The summed E-state index contributed by atoms with van der Waals surface area (Å²) < 4.78 is 7.06. The molecule has 2 aromatic heterocycles. The zero-order valence-electron chi connectivity index (χ0n) is 14.1. The van der Waals surface area contributed by atoms with Crippen molar-refractivity contribution in [1.29, 1.82) is 0 Å². The van der Waals surface area contributed by atoms with Crippen LogP contribution in [0.15, 0.2) is 42.0 Å². The predicted molar refractivity (Wildman–Crippen MR) is 96.8 cm³/mol. The van der Waals surface area contributed by atoms with Crippen molar-refractivity contribution in [3.63, 3.8) is 0 Å². The minimum absolute atomic E-state index is 0.0389. The van der Waals surface area contributed by atoms with Crippen LogP contribution in [0.4, 0.5) is 5.69 Å². The second-order valence-electron chi connectivity index (χ2n) is 5.67. The van der Waals surface area contributed by atoms with Crippen molar-refractivity contribution in [2.45, 2.75) is 32.8 Å². The maximum absolute atomic E-state index is 12.1. The monoisotopic (exact) mass is 357 g/mol. The molecule has 25 heavy (non-hydrogen) atoms. The lowest BCUT2D eigenvalue weighted by atomic mass is 10.1. The molecule has 1 atom stereocenters. The third-order valence-corrected chi connectivity index (χ3v) is 4.55. The summed E-state index contributed by atoms with van der Waals surface area (Å²) >= 11 is 1.49. The van der Waals surface area contributed by atoms with Gasteiger partial charge < -0.3 is 10.1 Å². The van der Waals surface area contributed by atoms with Crippen LogP contribution >= 0.6 is 11.3 Å². The molecule has 6 nitrogen and oxygen atoms in total. The van der Waals surface area contributed by atoms with Crippen molar-refractivity contribution in [2.24, 2.45) is 0 Å². The minimum Gasteiger partial charge on any atom is -0.452 e. The van der Waals surface area contributed by atoms with E-state index < -0.39 is 12.1 Å². The molecule has 0 saturated heterocycles. The molecule has 0 aliphatic heterocycles. The van der Waals surface area contributed by atoms with Crippen molar-refractivity contribution in [1.82, 2.24) is 9.38 Å². The molecule has 0 radical (unpaired) electrons. The molecule has 1 amide bonds. The molecule has 0 fully saturated rings. The SMILES string of the molecule is CCc1ccc(NC(=O)[C@@H](C)OC(=O)Cc2cn3ccsc3n2)cc1. The molecule has 2 heterocycles. The predicted octanol–water partition coefficient (Wildman–Crippen LogP) is 3.07. The molecule has 0 aliphatic carbocycles. The van der Waals surface area contributed by atoms with Crippen LogP contribution in [0.3, 0.4) is 0 Å². The maximum atomic E-state index is 12.1. The van der Waals surface area contributed by atoms with Gasteiger partial charge in [0.15, 0.2) is 11.1 Å². The second kappa shape index (κ2) is 7.48. The third kappa shape index (κ3) is 4.24. The Balaban J connectivity index is 1.52. The van der Waals surface area contributed by atoms with E-state index in [0.717, 1.165) is 11.4 Å². The van der Waals surface area contributed by atoms with Gasteiger partial charge in [0.25, 0.3) is 5.91 Å². The Bertz CT molecular complexity index is 854. The zero-order valence-corrected chi connectivity index (χ0v) is 14.9. The van der Waals surface area contributed by atoms with Crippen molar-refractivity contribution in [2.75, 3.05) is 5.32 Å². The summed E-state index contributed by atoms with van der Waals surface area (Å²) in [6.45, 7) is 3.62. The summed E-state index contributed by atoms with van der Waals surface area (Å²) in [5.41, 5.74) is 2.50. The summed E-state index contributed by atoms with van der Waals surface area (Å²) in [7, 11) is 0. The Kier molecular flexibility index (Phi) is 5.14. The number of carbonyl (C=O) groups is 2. The van der Waals surface area contributed by atoms with Crippen molar-refractivity contribution in [3.8, 4) is 0 Å². The van der Waals surface area contributed by atoms with E-state index in [9.17, 15) is 9.59 Å². The van der Waals surface area contributed by atoms with E-state index in [1.807, 2.05) is 40.2 Å². The van der Waals surface area contributed by atoms with E-state index in [4.69, 9.17) is 4.74 Å². The number of ether oxygens (including phenoxy) is 1. The number of nitrogens with zero attached hydrogens (tertiary/aromatic N) is 2. The quantitative estimate of drug-likeness (QED) is 0.688. The molecule has 0 spiro atoms. The lowest BCUT2D eigenvalue weighted by molar-refractivity contribution is -0.152. The summed E-state index contributed by atoms with van der Waals surface area (Å²) in [6.07, 6.45) is 3.77. The van der Waals surface area contributed by atoms with E-state index in [1.165, 1.54) is 16.9 Å². The van der Waals surface area contributed by atoms with Crippen LogP contribution in [0.5, 0.6) is 0 Å². The third-order valence-electron chi connectivity index (χ3n) is 3.78. The first-order chi connectivity index (χ1) is 12.0. The van der Waals surface area contributed by atoms with Gasteiger partial charge in [0, 0.05) is 23.5 Å². The number of imidazole rings is 1. The highest BCUT2D eigenvalue weighted by Gasteiger charge is 2.19. The summed E-state index contributed by atoms with van der Waals surface area (Å²) in [5.74, 6) is -0.835. The van der Waals surface area contributed by atoms with Gasteiger partial charge in [0.1, 0.15) is 0 Å². The topological polar surface area (TPSA) is 72.7 Å². The normalized spacial score (nSPS) is 12.1. The Hall–Kier alpha value is -2.67. The number of aryl methyl sites for hydroxylation is 1. The number of nitrogens with one attached hydrogen (secondary N) is 1. The van der Waals surface area contributed by atoms with Gasteiger partial charge >= 0.3 is 5.97 Å². The number of benzene rings is 1. The van der Waals surface area contributed by atoms with E-state index in [-0.39, 0.29) is 12.3 Å². The molecule has 0 bridgehead atoms. The van der Waals surface area contributed by atoms with Crippen molar-refractivity contribution < 1.29 is 14.3 Å². The number of aromatic nitrogens is 2. The first-order valence-corrected chi connectivity index (χ1v) is 8.93. The highest BCUT2D eigenvalue weighted by atomic mass is 32.1. The number of hydrogen-bond acceptors (Lipinski definition) is 5. The molecule has 0 aliphatic rings. The first-order valence-electron chi connectivity index (χ1n) is 8.05. The van der Waals surface area contributed by atoms with E-state index in [0.29, 0.717) is 11.4 Å². The molecule has 1 aromatic carbocycles. The largest absolute Gasteiger partial charge is 0.452 e. The Morgan fingerprint density at radius 3 is 2.76 bits per heavy atom. The molecule has 130 valence electrons. The van der Waals surface area contributed by atoms with Crippen LogP contribution in [0.25, 0.3) is 4.96 Å². The van der Waals surface area contributed by atoms with Crippen molar-refractivity contribution in [3.05, 3.63) is 53.3 Å². The number of carbonyl (C=O) groups excluding carboxylic acids is 2. The smallest absolute Gasteiger partial charge is 0.312 e. The molecule has 3 rings (SSSR count). The fourth-order valence-corrected chi connectivity index (χ4v) is 3.09. The van der Waals surface area contributed by atoms with E-state index in [1.54, 1.807) is 13.1 Å². The van der Waals surface area contributed by atoms with Crippen LogP contribution in [0.1, 0.15) is 25.1 Å². The van der Waals surface area contributed by atoms with Gasteiger partial charge in [-0.3, -0.25) is 14.0 Å². The van der Waals surface area contributed by atoms with Gasteiger partial charge in [0.2, 0.25) is 0 Å². The van der Waals surface area contributed by atoms with Crippen LogP contribution in [0, 0.1) is 0 Å². The van der Waals surface area contributed by atoms with Gasteiger partial charge in [-0.2, -0.15) is 0 Å². The van der Waals surface area contributed by atoms with Gasteiger partial charge in [-0.1, -0.05) is 19.1 Å². The number of fused-ring (bicyclic) bond motifs is 1. The van der Waals surface area contributed by atoms with Gasteiger partial charge in [0.05, 0.1) is 12.1 Å². The Labute approximate surface area is 149 Å². The van der Waals surface area contributed by atoms with E-state index >= 15 is 0 Å². The number of amides is 1. The highest BCUT2D eigenvalue weighted by molar-refractivity contribution is 7.15. The number of hydrogen-bond donors (Lipinski definition) is 1. The fraction of sp³-hybridized carbons (Fsp3) is 0.278. The highest BCUT2D eigenvalue weighted by Crippen LogP contribution is 2.13. The lowest BCUT2D eigenvalue weighted by Gasteiger charge is -2.13. The first kappa shape index (κ1) is 17.2. The summed E-state index contributed by atoms with van der Waals surface area (Å²) in [5, 5.41) is 4.67. The minimum atomic E-state index is -0.873. The molecule has 1 N–H and O–H groups in total. The standard InChI is InChI=1S/C18H19N3O3S/c1-3-13-4-6-14(7-5-13)19-17(23)12(2)24-16(22)10-15-11-21-8-9-25-18(21)20-15/h4-9,11-12H,3,10H2,1-2H3,(H,19,23)/t12-/m1/s1. The zero-order chi connectivity index (χ0) is 17.8. The maximum Gasteiger partial charge on any atom is 0.312 e. The van der Waals surface area contributed by atoms with Crippen LogP contribution in [-0.2, 0) is 27.2 Å². The molecule has 0 saturated carbocycles. The Morgan fingerprint density at radius 2 is 2.08 bits per heavy atom. The molecule has 7 heteroatoms. The summed E-state index contributed by atoms with van der Waals surface area (Å²) in [6, 6.07) is 7.58. The fourth-order valence-electron chi connectivity index (χ4n) is 2.37. The van der Waals surface area contributed by atoms with Crippen LogP contribution in [-0.4, -0.2) is 27.4 Å². The number of thiazole rings is 1. The van der Waals surface area contributed by atoms with Gasteiger partial charge in [-0.05, 0) is 31.0 Å². The number of esters is 1. The molecular formula is C18H19N3O3S. The van der Waals surface area contributed by atoms with Gasteiger partial charge in [-0.25, -0.2) is 4.98 Å². The molecular weight excluding hydrogens is 338 g/mol. The average Bonchev–Trinajstić information content (AvgIpc) is 3.16. The molecule has 3 aromatic rings. The Morgan fingerprint density at radius 1 is 1.32 bits per heavy atom. The average molecular weight is 357 g/mol. The van der Waals surface area contributed by atoms with Crippen LogP contribution in [0.2, 0.25) is 0 Å². The van der Waals surface area contributed by atoms with Crippen molar-refractivity contribution >= 4 is 33.9 Å². The van der Waals surface area contributed by atoms with Crippen LogP contribution < -0.4 is 5.32 Å². The number of anilines is 1. The number of rotatable bonds is 6.